The number of rotatable bonds is 28. The molecular weight excluding hydrogens is 522 g/mol. The van der Waals surface area contributed by atoms with Crippen LogP contribution < -0.4 is 4.57 Å². The number of ether oxygens (including phenoxy) is 3. The van der Waals surface area contributed by atoms with Gasteiger partial charge in [-0.2, -0.15) is 0 Å². The molecular formula is C37H60NO4+. The molecule has 0 amide bonds. The number of aromatic nitrogens is 1. The van der Waals surface area contributed by atoms with E-state index in [1.165, 1.54) is 96.3 Å². The highest BCUT2D eigenvalue weighted by molar-refractivity contribution is 5.69. The number of carbonyl (C=O) groups excluding carboxylic acids is 1. The van der Waals surface area contributed by atoms with Crippen LogP contribution in [0.1, 0.15) is 128 Å². The summed E-state index contributed by atoms with van der Waals surface area (Å²) in [5.41, 5.74) is 1.10. The van der Waals surface area contributed by atoms with Crippen molar-refractivity contribution in [2.75, 3.05) is 19.8 Å². The predicted octanol–water partition coefficient (Wildman–Crippen LogP) is 9.16. The molecule has 0 aliphatic rings. The van der Waals surface area contributed by atoms with Crippen LogP contribution in [0.4, 0.5) is 0 Å². The number of hydrogen-bond donors (Lipinski definition) is 0. The van der Waals surface area contributed by atoms with E-state index in [2.05, 4.69) is 11.5 Å². The molecule has 0 bridgehead atoms. The van der Waals surface area contributed by atoms with Crippen LogP contribution in [0, 0.1) is 0 Å². The van der Waals surface area contributed by atoms with Gasteiger partial charge in [-0.15, -0.1) is 0 Å². The number of aryl methyl sites for hydroxylation is 1. The van der Waals surface area contributed by atoms with E-state index in [1.807, 2.05) is 60.9 Å². The summed E-state index contributed by atoms with van der Waals surface area (Å²) in [7, 11) is 0. The van der Waals surface area contributed by atoms with Gasteiger partial charge in [-0.1, -0.05) is 140 Å². The molecule has 42 heavy (non-hydrogen) atoms. The van der Waals surface area contributed by atoms with Gasteiger partial charge in [-0.25, -0.2) is 4.57 Å². The third-order valence-electron chi connectivity index (χ3n) is 7.78. The van der Waals surface area contributed by atoms with Gasteiger partial charge in [0, 0.05) is 25.2 Å². The number of benzene rings is 1. The van der Waals surface area contributed by atoms with Crippen LogP contribution in [0.25, 0.3) is 0 Å². The van der Waals surface area contributed by atoms with Gasteiger partial charge in [0.1, 0.15) is 19.3 Å². The Morgan fingerprint density at radius 2 is 1.21 bits per heavy atom. The minimum Gasteiger partial charge on any atom is -0.463 e. The molecule has 0 aliphatic carbocycles. The highest BCUT2D eigenvalue weighted by atomic mass is 16.6. The molecule has 0 fully saturated rings. The van der Waals surface area contributed by atoms with Crippen molar-refractivity contribution in [2.24, 2.45) is 0 Å². The summed E-state index contributed by atoms with van der Waals surface area (Å²) in [4.78, 5) is 12.3. The summed E-state index contributed by atoms with van der Waals surface area (Å²) in [6.45, 7) is 4.96. The van der Waals surface area contributed by atoms with E-state index in [0.717, 1.165) is 31.6 Å². The quantitative estimate of drug-likeness (QED) is 0.0570. The Morgan fingerprint density at radius 1 is 0.667 bits per heavy atom. The Kier molecular flexibility index (Phi) is 22.6. The van der Waals surface area contributed by atoms with Crippen molar-refractivity contribution in [3.8, 4) is 0 Å². The molecule has 1 heterocycles. The third-order valence-corrected chi connectivity index (χ3v) is 7.78. The zero-order valence-corrected chi connectivity index (χ0v) is 26.7. The Bertz CT molecular complexity index is 861. The second-order valence-electron chi connectivity index (χ2n) is 11.7. The molecule has 1 aromatic heterocycles. The van der Waals surface area contributed by atoms with E-state index < -0.39 is 0 Å². The lowest BCUT2D eigenvalue weighted by atomic mass is 10.0. The average Bonchev–Trinajstić information content (AvgIpc) is 3.02. The largest absolute Gasteiger partial charge is 0.463 e. The first-order valence-electron chi connectivity index (χ1n) is 17.1. The van der Waals surface area contributed by atoms with Gasteiger partial charge in [-0.05, 0) is 12.0 Å². The summed E-state index contributed by atoms with van der Waals surface area (Å²) in [6, 6.07) is 16.1. The van der Waals surface area contributed by atoms with Crippen molar-refractivity contribution in [2.45, 2.75) is 142 Å². The maximum atomic E-state index is 12.3. The molecule has 0 aliphatic heterocycles. The highest BCUT2D eigenvalue weighted by Gasteiger charge is 2.14. The Labute approximate surface area is 257 Å². The number of hydrogen-bond acceptors (Lipinski definition) is 4. The molecule has 1 aromatic carbocycles. The second-order valence-corrected chi connectivity index (χ2v) is 11.7. The van der Waals surface area contributed by atoms with Crippen LogP contribution >= 0.6 is 0 Å². The summed E-state index contributed by atoms with van der Waals surface area (Å²) < 4.78 is 19.7. The van der Waals surface area contributed by atoms with E-state index in [4.69, 9.17) is 14.2 Å². The third kappa shape index (κ3) is 20.6. The van der Waals surface area contributed by atoms with Crippen molar-refractivity contribution < 1.29 is 23.6 Å². The van der Waals surface area contributed by atoms with Gasteiger partial charge in [0.2, 0.25) is 0 Å². The Morgan fingerprint density at radius 3 is 1.81 bits per heavy atom. The maximum Gasteiger partial charge on any atom is 0.306 e. The average molecular weight is 583 g/mol. The first-order chi connectivity index (χ1) is 20.8. The minimum absolute atomic E-state index is 0.183. The molecule has 1 atom stereocenters. The standard InChI is InChI=1S/C37H60NO4/c1-2-3-4-5-6-7-8-9-10-11-12-13-14-15-16-23-31-40-33-36(41-32-35-25-19-17-20-26-35)34-42-37(39)27-24-30-38-28-21-18-22-29-38/h17-22,25-26,28-29,36H,2-16,23-24,27,30-34H2,1H3/q+1. The smallest absolute Gasteiger partial charge is 0.306 e. The fourth-order valence-corrected chi connectivity index (χ4v) is 5.15. The fourth-order valence-electron chi connectivity index (χ4n) is 5.15. The molecule has 2 aromatic rings. The first-order valence-corrected chi connectivity index (χ1v) is 17.1. The molecule has 0 saturated heterocycles. The lowest BCUT2D eigenvalue weighted by Gasteiger charge is -2.18. The van der Waals surface area contributed by atoms with E-state index >= 15 is 0 Å². The lowest BCUT2D eigenvalue weighted by molar-refractivity contribution is -0.697. The van der Waals surface area contributed by atoms with Crippen molar-refractivity contribution in [1.82, 2.24) is 0 Å². The topological polar surface area (TPSA) is 48.6 Å². The molecule has 236 valence electrons. The van der Waals surface area contributed by atoms with Gasteiger partial charge < -0.3 is 14.2 Å². The van der Waals surface area contributed by atoms with Gasteiger partial charge >= 0.3 is 5.97 Å². The van der Waals surface area contributed by atoms with Gasteiger partial charge in [0.15, 0.2) is 12.4 Å². The van der Waals surface area contributed by atoms with Gasteiger partial charge in [0.05, 0.1) is 19.6 Å². The summed E-state index contributed by atoms with van der Waals surface area (Å²) in [5.74, 6) is -0.183. The highest BCUT2D eigenvalue weighted by Crippen LogP contribution is 2.14. The van der Waals surface area contributed by atoms with Crippen molar-refractivity contribution in [3.63, 3.8) is 0 Å². The zero-order valence-electron chi connectivity index (χ0n) is 26.7. The zero-order chi connectivity index (χ0) is 29.8. The number of pyridine rings is 1. The van der Waals surface area contributed by atoms with E-state index in [9.17, 15) is 4.79 Å². The molecule has 0 saturated carbocycles. The van der Waals surface area contributed by atoms with Gasteiger partial charge in [0.25, 0.3) is 0 Å². The molecule has 1 unspecified atom stereocenters. The normalized spacial score (nSPS) is 11.9. The SMILES string of the molecule is CCCCCCCCCCCCCCCCCCOCC(COC(=O)CCC[n+]1ccccc1)OCc1ccccc1. The fraction of sp³-hybridized carbons (Fsp3) is 0.676. The Hall–Kier alpha value is -2.24. The van der Waals surface area contributed by atoms with Crippen molar-refractivity contribution in [3.05, 3.63) is 66.5 Å². The van der Waals surface area contributed by atoms with E-state index in [-0.39, 0.29) is 18.7 Å². The Balaban J connectivity index is 1.48. The maximum absolute atomic E-state index is 12.3. The van der Waals surface area contributed by atoms with Crippen molar-refractivity contribution in [1.29, 1.82) is 0 Å². The van der Waals surface area contributed by atoms with Crippen LogP contribution in [0.3, 0.4) is 0 Å². The molecule has 5 nitrogen and oxygen atoms in total. The van der Waals surface area contributed by atoms with E-state index in [1.54, 1.807) is 0 Å². The van der Waals surface area contributed by atoms with Crippen LogP contribution in [0.5, 0.6) is 0 Å². The summed E-state index contributed by atoms with van der Waals surface area (Å²) in [6.07, 6.45) is 26.7. The van der Waals surface area contributed by atoms with Crippen LogP contribution in [-0.4, -0.2) is 31.9 Å². The second kappa shape index (κ2) is 26.4. The van der Waals surface area contributed by atoms with Crippen molar-refractivity contribution >= 4 is 5.97 Å². The molecule has 2 rings (SSSR count). The monoisotopic (exact) mass is 582 g/mol. The van der Waals surface area contributed by atoms with Crippen LogP contribution in [-0.2, 0) is 32.2 Å². The minimum atomic E-state index is -0.265. The lowest BCUT2D eigenvalue weighted by Crippen LogP contribution is -2.32. The predicted molar refractivity (Wildman–Crippen MR) is 172 cm³/mol. The number of nitrogens with zero attached hydrogens (tertiary/aromatic N) is 1. The molecule has 5 heteroatoms. The number of unbranched alkanes of at least 4 members (excludes halogenated alkanes) is 15. The van der Waals surface area contributed by atoms with E-state index in [0.29, 0.717) is 19.6 Å². The number of carbonyl (C=O) groups is 1. The van der Waals surface area contributed by atoms with Crippen LogP contribution in [0.15, 0.2) is 60.9 Å². The van der Waals surface area contributed by atoms with Gasteiger partial charge in [-0.3, -0.25) is 4.79 Å². The summed E-state index contributed by atoms with van der Waals surface area (Å²) >= 11 is 0. The van der Waals surface area contributed by atoms with Crippen LogP contribution in [0.2, 0.25) is 0 Å². The first kappa shape index (κ1) is 36.0. The molecule has 0 radical (unpaired) electrons. The number of esters is 1. The summed E-state index contributed by atoms with van der Waals surface area (Å²) in [5, 5.41) is 0. The molecule has 0 spiro atoms. The molecule has 0 N–H and O–H groups in total.